The van der Waals surface area contributed by atoms with E-state index in [9.17, 15) is 9.59 Å². The van der Waals surface area contributed by atoms with E-state index in [2.05, 4.69) is 45.3 Å². The number of hydrogen-bond donors (Lipinski definition) is 2. The lowest BCUT2D eigenvalue weighted by Gasteiger charge is -2.19. The van der Waals surface area contributed by atoms with Crippen molar-refractivity contribution < 1.29 is 14.3 Å². The molecule has 3 aromatic rings. The first kappa shape index (κ1) is 24.1. The van der Waals surface area contributed by atoms with Gasteiger partial charge in [-0.2, -0.15) is 0 Å². The molecule has 33 heavy (non-hydrogen) atoms. The lowest BCUT2D eigenvalue weighted by Crippen LogP contribution is -2.14. The second-order valence-corrected chi connectivity index (χ2v) is 9.54. The van der Waals surface area contributed by atoms with Crippen molar-refractivity contribution in [3.05, 3.63) is 89.5 Å². The van der Waals surface area contributed by atoms with Crippen LogP contribution in [0.5, 0.6) is 5.75 Å². The van der Waals surface area contributed by atoms with Crippen LogP contribution in [0.4, 0.5) is 11.4 Å². The predicted molar refractivity (Wildman–Crippen MR) is 134 cm³/mol. The van der Waals surface area contributed by atoms with Crippen LogP contribution in [0.1, 0.15) is 60.9 Å². The second kappa shape index (κ2) is 10.3. The second-order valence-electron chi connectivity index (χ2n) is 9.54. The van der Waals surface area contributed by atoms with Crippen LogP contribution < -0.4 is 15.4 Å². The van der Waals surface area contributed by atoms with E-state index in [0.29, 0.717) is 35.0 Å². The number of ether oxygens (including phenoxy) is 1. The zero-order chi connectivity index (χ0) is 24.0. The molecule has 0 saturated carbocycles. The molecule has 2 N–H and O–H groups in total. The standard InChI is InChI=1S/C28H32N2O3/c1-19(2)18-33-25-16-8-21(9-17-25)27(32)30-24-14-12-23(13-15-24)29-26(31)20-6-10-22(11-7-20)28(3,4)5/h6-17,19H,18H2,1-5H3,(H,29,31)(H,30,32). The molecule has 3 aromatic carbocycles. The number of hydrogen-bond acceptors (Lipinski definition) is 3. The van der Waals surface area contributed by atoms with Crippen LogP contribution in [0.2, 0.25) is 0 Å². The summed E-state index contributed by atoms with van der Waals surface area (Å²) in [6.45, 7) is 11.2. The number of anilines is 2. The number of amides is 2. The van der Waals surface area contributed by atoms with Crippen molar-refractivity contribution in [1.29, 1.82) is 0 Å². The largest absolute Gasteiger partial charge is 0.493 e. The van der Waals surface area contributed by atoms with Crippen molar-refractivity contribution in [2.75, 3.05) is 17.2 Å². The van der Waals surface area contributed by atoms with Gasteiger partial charge in [0.1, 0.15) is 5.75 Å². The first-order valence-corrected chi connectivity index (χ1v) is 11.2. The minimum Gasteiger partial charge on any atom is -0.493 e. The average Bonchev–Trinajstić information content (AvgIpc) is 2.78. The Hall–Kier alpha value is -3.60. The summed E-state index contributed by atoms with van der Waals surface area (Å²) in [5, 5.41) is 5.76. The molecule has 3 rings (SSSR count). The third-order valence-electron chi connectivity index (χ3n) is 5.11. The fraction of sp³-hybridized carbons (Fsp3) is 0.286. The number of benzene rings is 3. The Bertz CT molecular complexity index is 1080. The topological polar surface area (TPSA) is 67.4 Å². The highest BCUT2D eigenvalue weighted by Crippen LogP contribution is 2.23. The number of nitrogens with one attached hydrogen (secondary N) is 2. The Labute approximate surface area is 196 Å². The molecule has 5 heteroatoms. The van der Waals surface area contributed by atoms with Crippen molar-refractivity contribution in [2.24, 2.45) is 5.92 Å². The van der Waals surface area contributed by atoms with Crippen LogP contribution in [-0.2, 0) is 5.41 Å². The van der Waals surface area contributed by atoms with Crippen molar-refractivity contribution in [2.45, 2.75) is 40.0 Å². The van der Waals surface area contributed by atoms with Gasteiger partial charge in [-0.15, -0.1) is 0 Å². The molecule has 0 spiro atoms. The lowest BCUT2D eigenvalue weighted by atomic mass is 9.87. The lowest BCUT2D eigenvalue weighted by molar-refractivity contribution is 0.101. The van der Waals surface area contributed by atoms with E-state index >= 15 is 0 Å². The summed E-state index contributed by atoms with van der Waals surface area (Å²) in [6.07, 6.45) is 0. The summed E-state index contributed by atoms with van der Waals surface area (Å²) in [6, 6.07) is 21.8. The molecule has 0 unspecified atom stereocenters. The van der Waals surface area contributed by atoms with Crippen LogP contribution in [0.15, 0.2) is 72.8 Å². The molecule has 0 aliphatic carbocycles. The molecule has 0 aromatic heterocycles. The number of carbonyl (C=O) groups excluding carboxylic acids is 2. The maximum Gasteiger partial charge on any atom is 0.255 e. The molecule has 0 saturated heterocycles. The molecule has 0 bridgehead atoms. The normalized spacial score (nSPS) is 11.2. The molecular formula is C28H32N2O3. The van der Waals surface area contributed by atoms with E-state index in [0.717, 1.165) is 5.75 Å². The first-order chi connectivity index (χ1) is 15.6. The van der Waals surface area contributed by atoms with Gasteiger partial charge < -0.3 is 15.4 Å². The summed E-state index contributed by atoms with van der Waals surface area (Å²) in [5.74, 6) is 0.802. The number of rotatable bonds is 7. The SMILES string of the molecule is CC(C)COc1ccc(C(=O)Nc2ccc(NC(=O)c3ccc(C(C)(C)C)cc3)cc2)cc1. The summed E-state index contributed by atoms with van der Waals surface area (Å²) in [4.78, 5) is 25.1. The van der Waals surface area contributed by atoms with Gasteiger partial charge >= 0.3 is 0 Å². The molecule has 5 nitrogen and oxygen atoms in total. The molecule has 0 aliphatic heterocycles. The molecule has 0 radical (unpaired) electrons. The summed E-state index contributed by atoms with van der Waals surface area (Å²) >= 11 is 0. The number of carbonyl (C=O) groups is 2. The molecule has 0 aliphatic rings. The van der Waals surface area contributed by atoms with Gasteiger partial charge in [-0.1, -0.05) is 46.8 Å². The fourth-order valence-corrected chi connectivity index (χ4v) is 3.13. The highest BCUT2D eigenvalue weighted by Gasteiger charge is 2.14. The smallest absolute Gasteiger partial charge is 0.255 e. The summed E-state index contributed by atoms with van der Waals surface area (Å²) in [5.41, 5.74) is 3.66. The van der Waals surface area contributed by atoms with E-state index in [1.807, 2.05) is 24.3 Å². The monoisotopic (exact) mass is 444 g/mol. The van der Waals surface area contributed by atoms with Crippen molar-refractivity contribution in [3.63, 3.8) is 0 Å². The van der Waals surface area contributed by atoms with Gasteiger partial charge in [0.05, 0.1) is 6.61 Å². The van der Waals surface area contributed by atoms with Gasteiger partial charge in [-0.3, -0.25) is 9.59 Å². The summed E-state index contributed by atoms with van der Waals surface area (Å²) < 4.78 is 5.65. The zero-order valence-electron chi connectivity index (χ0n) is 19.9. The van der Waals surface area contributed by atoms with Gasteiger partial charge in [0.25, 0.3) is 11.8 Å². The molecule has 2 amide bonds. The van der Waals surface area contributed by atoms with Gasteiger partial charge in [-0.25, -0.2) is 0 Å². The quantitative estimate of drug-likeness (QED) is 0.436. The van der Waals surface area contributed by atoms with Gasteiger partial charge in [-0.05, 0) is 77.6 Å². The third-order valence-corrected chi connectivity index (χ3v) is 5.11. The van der Waals surface area contributed by atoms with E-state index in [4.69, 9.17) is 4.74 Å². The van der Waals surface area contributed by atoms with Gasteiger partial charge in [0, 0.05) is 22.5 Å². The average molecular weight is 445 g/mol. The minimum atomic E-state index is -0.207. The molecule has 0 fully saturated rings. The first-order valence-electron chi connectivity index (χ1n) is 11.2. The highest BCUT2D eigenvalue weighted by atomic mass is 16.5. The third kappa shape index (κ3) is 6.94. The molecule has 0 atom stereocenters. The van der Waals surface area contributed by atoms with E-state index in [1.54, 1.807) is 48.5 Å². The van der Waals surface area contributed by atoms with Crippen molar-refractivity contribution in [1.82, 2.24) is 0 Å². The Morgan fingerprint density at radius 1 is 0.727 bits per heavy atom. The fourth-order valence-electron chi connectivity index (χ4n) is 3.13. The summed E-state index contributed by atoms with van der Waals surface area (Å²) in [7, 11) is 0. The minimum absolute atomic E-state index is 0.0405. The van der Waals surface area contributed by atoms with Crippen molar-refractivity contribution >= 4 is 23.2 Å². The molecule has 172 valence electrons. The molecule has 0 heterocycles. The van der Waals surface area contributed by atoms with Crippen molar-refractivity contribution in [3.8, 4) is 5.75 Å². The van der Waals surface area contributed by atoms with Crippen LogP contribution in [0.25, 0.3) is 0 Å². The van der Waals surface area contributed by atoms with Crippen LogP contribution in [0.3, 0.4) is 0 Å². The van der Waals surface area contributed by atoms with Crippen LogP contribution in [0, 0.1) is 5.92 Å². The Morgan fingerprint density at radius 3 is 1.55 bits per heavy atom. The van der Waals surface area contributed by atoms with Crippen LogP contribution in [-0.4, -0.2) is 18.4 Å². The maximum atomic E-state index is 12.5. The van der Waals surface area contributed by atoms with E-state index in [-0.39, 0.29) is 17.2 Å². The van der Waals surface area contributed by atoms with E-state index in [1.165, 1.54) is 5.56 Å². The van der Waals surface area contributed by atoms with E-state index < -0.39 is 0 Å². The molecular weight excluding hydrogens is 412 g/mol. The Morgan fingerprint density at radius 2 is 1.15 bits per heavy atom. The van der Waals surface area contributed by atoms with Crippen LogP contribution >= 0.6 is 0 Å². The highest BCUT2D eigenvalue weighted by molar-refractivity contribution is 6.05. The predicted octanol–water partition coefficient (Wildman–Crippen LogP) is 6.52. The van der Waals surface area contributed by atoms with Gasteiger partial charge in [0.2, 0.25) is 0 Å². The Balaban J connectivity index is 1.56. The van der Waals surface area contributed by atoms with Gasteiger partial charge in [0.15, 0.2) is 0 Å². The zero-order valence-corrected chi connectivity index (χ0v) is 19.9. The maximum absolute atomic E-state index is 12.5. The Kier molecular flexibility index (Phi) is 7.54.